The van der Waals surface area contributed by atoms with Crippen molar-refractivity contribution in [2.75, 3.05) is 25.6 Å². The third kappa shape index (κ3) is 4.65. The number of hydrogen-bond donors (Lipinski definition) is 2. The summed E-state index contributed by atoms with van der Waals surface area (Å²) >= 11 is 0. The van der Waals surface area contributed by atoms with Gasteiger partial charge in [0, 0.05) is 18.3 Å². The van der Waals surface area contributed by atoms with Gasteiger partial charge in [0.2, 0.25) is 0 Å². The summed E-state index contributed by atoms with van der Waals surface area (Å²) in [6, 6.07) is 13.5. The van der Waals surface area contributed by atoms with Gasteiger partial charge in [-0.1, -0.05) is 18.2 Å². The lowest BCUT2D eigenvalue weighted by molar-refractivity contribution is 0.115. The second kappa shape index (κ2) is 7.50. The van der Waals surface area contributed by atoms with Crippen molar-refractivity contribution in [2.24, 2.45) is 0 Å². The normalized spacial score (nSPS) is 11.8. The molecule has 1 unspecified atom stereocenters. The van der Waals surface area contributed by atoms with Crippen LogP contribution < -0.4 is 14.8 Å². The van der Waals surface area contributed by atoms with E-state index in [0.717, 1.165) is 11.4 Å². The minimum Gasteiger partial charge on any atom is -0.497 e. The Morgan fingerprint density at radius 2 is 2.00 bits per heavy atom. The number of anilines is 1. The molecule has 0 heterocycles. The van der Waals surface area contributed by atoms with Gasteiger partial charge in [0.25, 0.3) is 0 Å². The first-order chi connectivity index (χ1) is 10.2. The summed E-state index contributed by atoms with van der Waals surface area (Å²) in [7, 11) is 1.59. The molecule has 21 heavy (non-hydrogen) atoms. The Morgan fingerprint density at radius 3 is 2.76 bits per heavy atom. The largest absolute Gasteiger partial charge is 0.497 e. The number of methoxy groups -OCH3 is 1. The van der Waals surface area contributed by atoms with E-state index >= 15 is 0 Å². The molecule has 5 heteroatoms. The van der Waals surface area contributed by atoms with Gasteiger partial charge in [-0.2, -0.15) is 0 Å². The molecule has 0 saturated carbocycles. The number of para-hydroxylation sites is 1. The Labute approximate surface area is 123 Å². The zero-order valence-corrected chi connectivity index (χ0v) is 11.8. The molecule has 2 aromatic carbocycles. The number of nitrogens with one attached hydrogen (secondary N) is 1. The molecule has 0 aliphatic rings. The minimum atomic E-state index is -0.754. The van der Waals surface area contributed by atoms with Crippen LogP contribution in [0, 0.1) is 5.82 Å². The predicted octanol–water partition coefficient (Wildman–Crippen LogP) is 2.69. The second-order valence-corrected chi connectivity index (χ2v) is 4.51. The van der Waals surface area contributed by atoms with Crippen molar-refractivity contribution in [3.8, 4) is 11.5 Å². The molecule has 4 nitrogen and oxygen atoms in total. The number of aliphatic hydroxyl groups excluding tert-OH is 1. The van der Waals surface area contributed by atoms with Crippen LogP contribution in [-0.4, -0.2) is 31.5 Å². The fraction of sp³-hybridized carbons (Fsp3) is 0.250. The fourth-order valence-corrected chi connectivity index (χ4v) is 1.78. The Balaban J connectivity index is 1.79. The van der Waals surface area contributed by atoms with Crippen LogP contribution in [0.1, 0.15) is 0 Å². The average Bonchev–Trinajstić information content (AvgIpc) is 2.52. The van der Waals surface area contributed by atoms with Crippen LogP contribution in [0.15, 0.2) is 48.5 Å². The number of ether oxygens (including phenoxy) is 2. The molecule has 0 bridgehead atoms. The van der Waals surface area contributed by atoms with E-state index in [0.29, 0.717) is 6.54 Å². The Morgan fingerprint density at radius 1 is 1.19 bits per heavy atom. The first kappa shape index (κ1) is 15.1. The standard InChI is InChI=1S/C16H18FNO3/c1-20-14-6-4-5-12(9-14)18-10-13(19)11-21-16-8-3-2-7-15(16)17/h2-9,13,18-19H,10-11H2,1H3. The van der Waals surface area contributed by atoms with E-state index in [1.807, 2.05) is 24.3 Å². The van der Waals surface area contributed by atoms with Gasteiger partial charge in [0.1, 0.15) is 18.5 Å². The van der Waals surface area contributed by atoms with Gasteiger partial charge in [0.15, 0.2) is 11.6 Å². The first-order valence-electron chi connectivity index (χ1n) is 6.62. The molecule has 112 valence electrons. The predicted molar refractivity (Wildman–Crippen MR) is 79.4 cm³/mol. The van der Waals surface area contributed by atoms with Gasteiger partial charge in [-0.05, 0) is 24.3 Å². The summed E-state index contributed by atoms with van der Waals surface area (Å²) in [5.41, 5.74) is 0.833. The molecule has 2 rings (SSSR count). The van der Waals surface area contributed by atoms with E-state index in [1.54, 1.807) is 19.2 Å². The molecule has 1 atom stereocenters. The molecular formula is C16H18FNO3. The molecule has 0 spiro atoms. The van der Waals surface area contributed by atoms with Gasteiger partial charge in [0.05, 0.1) is 7.11 Å². The molecule has 0 aliphatic carbocycles. The molecule has 2 aromatic rings. The van der Waals surface area contributed by atoms with Crippen LogP contribution in [0.2, 0.25) is 0 Å². The van der Waals surface area contributed by atoms with Gasteiger partial charge in [-0.15, -0.1) is 0 Å². The van der Waals surface area contributed by atoms with E-state index in [9.17, 15) is 9.50 Å². The molecule has 0 radical (unpaired) electrons. The highest BCUT2D eigenvalue weighted by atomic mass is 19.1. The summed E-state index contributed by atoms with van der Waals surface area (Å²) in [6.07, 6.45) is -0.754. The van der Waals surface area contributed by atoms with Crippen molar-refractivity contribution in [3.05, 3.63) is 54.3 Å². The Hall–Kier alpha value is -2.27. The quantitative estimate of drug-likeness (QED) is 0.823. The van der Waals surface area contributed by atoms with Crippen LogP contribution in [0.4, 0.5) is 10.1 Å². The number of benzene rings is 2. The van der Waals surface area contributed by atoms with Crippen molar-refractivity contribution in [1.82, 2.24) is 0 Å². The second-order valence-electron chi connectivity index (χ2n) is 4.51. The SMILES string of the molecule is COc1cccc(NCC(O)COc2ccccc2F)c1. The highest BCUT2D eigenvalue weighted by Gasteiger charge is 2.08. The van der Waals surface area contributed by atoms with Crippen LogP contribution in [0.3, 0.4) is 0 Å². The Bertz CT molecular complexity index is 577. The lowest BCUT2D eigenvalue weighted by Gasteiger charge is -2.14. The molecule has 0 aliphatic heterocycles. The van der Waals surface area contributed by atoms with Crippen LogP contribution in [-0.2, 0) is 0 Å². The van der Waals surface area contributed by atoms with Crippen LogP contribution in [0.25, 0.3) is 0 Å². The topological polar surface area (TPSA) is 50.7 Å². The summed E-state index contributed by atoms with van der Waals surface area (Å²) in [4.78, 5) is 0. The van der Waals surface area contributed by atoms with Crippen molar-refractivity contribution >= 4 is 5.69 Å². The number of halogens is 1. The van der Waals surface area contributed by atoms with Crippen molar-refractivity contribution in [3.63, 3.8) is 0 Å². The maximum absolute atomic E-state index is 13.3. The van der Waals surface area contributed by atoms with Crippen molar-refractivity contribution < 1.29 is 19.0 Å². The average molecular weight is 291 g/mol. The lowest BCUT2D eigenvalue weighted by Crippen LogP contribution is -2.26. The smallest absolute Gasteiger partial charge is 0.165 e. The van der Waals surface area contributed by atoms with E-state index in [1.165, 1.54) is 12.1 Å². The molecule has 0 amide bonds. The van der Waals surface area contributed by atoms with E-state index in [2.05, 4.69) is 5.32 Å². The van der Waals surface area contributed by atoms with Gasteiger partial charge in [-0.25, -0.2) is 4.39 Å². The monoisotopic (exact) mass is 291 g/mol. The lowest BCUT2D eigenvalue weighted by atomic mass is 10.3. The van der Waals surface area contributed by atoms with Crippen LogP contribution in [0.5, 0.6) is 11.5 Å². The van der Waals surface area contributed by atoms with E-state index in [4.69, 9.17) is 9.47 Å². The minimum absolute atomic E-state index is 0.0118. The summed E-state index contributed by atoms with van der Waals surface area (Å²) in [5, 5.41) is 12.9. The van der Waals surface area contributed by atoms with E-state index < -0.39 is 11.9 Å². The summed E-state index contributed by atoms with van der Waals surface area (Å²) < 4.78 is 23.7. The van der Waals surface area contributed by atoms with Crippen molar-refractivity contribution in [1.29, 1.82) is 0 Å². The highest BCUT2D eigenvalue weighted by molar-refractivity contribution is 5.48. The summed E-state index contributed by atoms with van der Waals surface area (Å²) in [5.74, 6) is 0.431. The zero-order valence-electron chi connectivity index (χ0n) is 11.8. The first-order valence-corrected chi connectivity index (χ1v) is 6.62. The number of aliphatic hydroxyl groups is 1. The molecule has 0 aromatic heterocycles. The van der Waals surface area contributed by atoms with E-state index in [-0.39, 0.29) is 12.4 Å². The number of hydrogen-bond acceptors (Lipinski definition) is 4. The van der Waals surface area contributed by atoms with Gasteiger partial charge in [-0.3, -0.25) is 0 Å². The maximum Gasteiger partial charge on any atom is 0.165 e. The maximum atomic E-state index is 13.3. The summed E-state index contributed by atoms with van der Waals surface area (Å²) in [6.45, 7) is 0.305. The highest BCUT2D eigenvalue weighted by Crippen LogP contribution is 2.17. The van der Waals surface area contributed by atoms with Crippen LogP contribution >= 0.6 is 0 Å². The molecular weight excluding hydrogens is 273 g/mol. The molecule has 0 fully saturated rings. The third-order valence-corrected chi connectivity index (χ3v) is 2.88. The molecule has 2 N–H and O–H groups in total. The fourth-order valence-electron chi connectivity index (χ4n) is 1.78. The van der Waals surface area contributed by atoms with Gasteiger partial charge >= 0.3 is 0 Å². The molecule has 0 saturated heterocycles. The third-order valence-electron chi connectivity index (χ3n) is 2.88. The zero-order chi connectivity index (χ0) is 15.1. The van der Waals surface area contributed by atoms with Gasteiger partial charge < -0.3 is 19.9 Å². The Kier molecular flexibility index (Phi) is 5.40. The van der Waals surface area contributed by atoms with Crippen molar-refractivity contribution in [2.45, 2.75) is 6.10 Å². The number of rotatable bonds is 7.